The molecule has 0 radical (unpaired) electrons. The highest BCUT2D eigenvalue weighted by molar-refractivity contribution is 6.32. The van der Waals surface area contributed by atoms with Crippen molar-refractivity contribution in [3.63, 3.8) is 0 Å². The molecule has 0 aliphatic rings. The van der Waals surface area contributed by atoms with Crippen molar-refractivity contribution in [2.75, 3.05) is 5.32 Å². The quantitative estimate of drug-likeness (QED) is 0.240. The van der Waals surface area contributed by atoms with Gasteiger partial charge in [-0.1, -0.05) is 30.7 Å². The lowest BCUT2D eigenvalue weighted by atomic mass is 10.1. The first kappa shape index (κ1) is 20.8. The van der Waals surface area contributed by atoms with E-state index in [1.807, 2.05) is 25.1 Å². The van der Waals surface area contributed by atoms with Gasteiger partial charge in [0.2, 0.25) is 0 Å². The molecule has 150 valence electrons. The molecule has 0 aliphatic heterocycles. The molecule has 8 heteroatoms. The molecule has 1 amide bonds. The van der Waals surface area contributed by atoms with Gasteiger partial charge in [0.05, 0.1) is 4.92 Å². The molecule has 0 saturated heterocycles. The fraction of sp³-hybridized carbons (Fsp3) is 0.0909. The summed E-state index contributed by atoms with van der Waals surface area (Å²) in [5.41, 5.74) is 1.78. The van der Waals surface area contributed by atoms with Gasteiger partial charge in [-0.05, 0) is 48.4 Å². The van der Waals surface area contributed by atoms with Crippen LogP contribution in [-0.4, -0.2) is 10.8 Å². The average molecular weight is 422 g/mol. The first-order chi connectivity index (χ1) is 14.4. The third kappa shape index (κ3) is 4.74. The number of halogens is 1. The fourth-order valence-electron chi connectivity index (χ4n) is 2.70. The van der Waals surface area contributed by atoms with E-state index in [4.69, 9.17) is 16.0 Å². The summed E-state index contributed by atoms with van der Waals surface area (Å²) < 4.78 is 5.63. The number of nitriles is 1. The Balaban J connectivity index is 1.81. The van der Waals surface area contributed by atoms with E-state index in [-0.39, 0.29) is 22.0 Å². The predicted octanol–water partition coefficient (Wildman–Crippen LogP) is 5.62. The first-order valence-electron chi connectivity index (χ1n) is 8.97. The molecule has 0 saturated carbocycles. The number of hydrogen-bond acceptors (Lipinski definition) is 5. The lowest BCUT2D eigenvalue weighted by molar-refractivity contribution is -0.384. The van der Waals surface area contributed by atoms with Gasteiger partial charge < -0.3 is 9.73 Å². The van der Waals surface area contributed by atoms with E-state index in [1.54, 1.807) is 30.3 Å². The third-order valence-electron chi connectivity index (χ3n) is 4.33. The zero-order chi connectivity index (χ0) is 21.7. The van der Waals surface area contributed by atoms with Crippen molar-refractivity contribution in [3.05, 3.63) is 86.6 Å². The largest absolute Gasteiger partial charge is 0.457 e. The number of nitro groups is 1. The third-order valence-corrected chi connectivity index (χ3v) is 4.65. The van der Waals surface area contributed by atoms with Gasteiger partial charge in [0, 0.05) is 23.4 Å². The molecule has 1 heterocycles. The van der Waals surface area contributed by atoms with E-state index in [1.165, 1.54) is 18.2 Å². The van der Waals surface area contributed by atoms with E-state index in [9.17, 15) is 20.2 Å². The van der Waals surface area contributed by atoms with Gasteiger partial charge in [-0.15, -0.1) is 0 Å². The number of aryl methyl sites for hydroxylation is 1. The molecule has 0 unspecified atom stereocenters. The lowest BCUT2D eigenvalue weighted by Gasteiger charge is -2.05. The second kappa shape index (κ2) is 9.07. The number of benzene rings is 2. The van der Waals surface area contributed by atoms with E-state index in [0.717, 1.165) is 12.0 Å². The fourth-order valence-corrected chi connectivity index (χ4v) is 2.89. The number of furan rings is 1. The van der Waals surface area contributed by atoms with Crippen LogP contribution in [0.5, 0.6) is 0 Å². The van der Waals surface area contributed by atoms with Crippen molar-refractivity contribution < 1.29 is 14.1 Å². The van der Waals surface area contributed by atoms with Crippen LogP contribution in [0.4, 0.5) is 11.4 Å². The maximum absolute atomic E-state index is 12.4. The SMILES string of the molecule is CCc1ccc(NC(=O)/C(C#N)=C/c2ccc(-c3ccc(Cl)c([N+](=O)[O-])c3)o2)cc1. The topological polar surface area (TPSA) is 109 Å². The number of nitro benzene ring substituents is 1. The minimum Gasteiger partial charge on any atom is -0.457 e. The summed E-state index contributed by atoms with van der Waals surface area (Å²) in [6.45, 7) is 2.03. The Morgan fingerprint density at radius 3 is 2.60 bits per heavy atom. The molecule has 0 spiro atoms. The minimum atomic E-state index is -0.583. The van der Waals surface area contributed by atoms with E-state index in [2.05, 4.69) is 5.32 Å². The molecule has 30 heavy (non-hydrogen) atoms. The van der Waals surface area contributed by atoms with E-state index < -0.39 is 10.8 Å². The Morgan fingerprint density at radius 2 is 1.97 bits per heavy atom. The van der Waals surface area contributed by atoms with E-state index in [0.29, 0.717) is 17.0 Å². The standard InChI is InChI=1S/C22H16ClN3O4/c1-2-14-3-6-17(7-4-14)25-22(27)16(13-24)11-18-8-10-21(30-18)15-5-9-19(23)20(12-15)26(28)29/h3-12H,2H2,1H3,(H,25,27)/b16-11+. The molecule has 1 N–H and O–H groups in total. The second-order valence-corrected chi connectivity index (χ2v) is 6.71. The molecule has 7 nitrogen and oxygen atoms in total. The Hall–Kier alpha value is -3.89. The highest BCUT2D eigenvalue weighted by Crippen LogP contribution is 2.31. The molecule has 3 aromatic rings. The van der Waals surface area contributed by atoms with Crippen LogP contribution in [0.15, 0.2) is 64.6 Å². The Morgan fingerprint density at radius 1 is 1.23 bits per heavy atom. The summed E-state index contributed by atoms with van der Waals surface area (Å²) in [5.74, 6) is 0.0336. The van der Waals surface area contributed by atoms with Crippen molar-refractivity contribution in [2.24, 2.45) is 0 Å². The number of nitrogens with zero attached hydrogens (tertiary/aromatic N) is 2. The highest BCUT2D eigenvalue weighted by atomic mass is 35.5. The van der Waals surface area contributed by atoms with Gasteiger partial charge in [-0.25, -0.2) is 0 Å². The minimum absolute atomic E-state index is 0.0193. The Labute approximate surface area is 177 Å². The Bertz CT molecular complexity index is 1170. The van der Waals surface area contributed by atoms with Crippen LogP contribution in [0.2, 0.25) is 5.02 Å². The number of amides is 1. The van der Waals surface area contributed by atoms with Crippen LogP contribution >= 0.6 is 11.6 Å². The van der Waals surface area contributed by atoms with Gasteiger partial charge in [0.15, 0.2) is 0 Å². The molecular weight excluding hydrogens is 406 g/mol. The number of hydrogen-bond donors (Lipinski definition) is 1. The van der Waals surface area contributed by atoms with Gasteiger partial charge in [0.25, 0.3) is 11.6 Å². The van der Waals surface area contributed by atoms with Crippen LogP contribution in [0.3, 0.4) is 0 Å². The number of rotatable bonds is 6. The van der Waals surface area contributed by atoms with Crippen LogP contribution in [0.1, 0.15) is 18.2 Å². The van der Waals surface area contributed by atoms with Gasteiger partial charge in [-0.3, -0.25) is 14.9 Å². The predicted molar refractivity (Wildman–Crippen MR) is 114 cm³/mol. The molecule has 0 bridgehead atoms. The van der Waals surface area contributed by atoms with Gasteiger partial charge in [-0.2, -0.15) is 5.26 Å². The summed E-state index contributed by atoms with van der Waals surface area (Å²) in [4.78, 5) is 22.9. The molecule has 2 aromatic carbocycles. The monoisotopic (exact) mass is 421 g/mol. The molecule has 1 aromatic heterocycles. The van der Waals surface area contributed by atoms with Crippen molar-refractivity contribution >= 4 is 35.0 Å². The maximum atomic E-state index is 12.4. The molecule has 0 atom stereocenters. The van der Waals surface area contributed by atoms with Crippen molar-refractivity contribution in [2.45, 2.75) is 13.3 Å². The van der Waals surface area contributed by atoms with Crippen molar-refractivity contribution in [1.82, 2.24) is 0 Å². The summed E-state index contributed by atoms with van der Waals surface area (Å²) in [6, 6.07) is 16.6. The smallest absolute Gasteiger partial charge is 0.288 e. The summed E-state index contributed by atoms with van der Waals surface area (Å²) in [5, 5.41) is 23.1. The van der Waals surface area contributed by atoms with Crippen molar-refractivity contribution in [3.8, 4) is 17.4 Å². The van der Waals surface area contributed by atoms with Gasteiger partial charge in [0.1, 0.15) is 28.2 Å². The summed E-state index contributed by atoms with van der Waals surface area (Å²) >= 11 is 5.83. The lowest BCUT2D eigenvalue weighted by Crippen LogP contribution is -2.13. The number of nitrogens with one attached hydrogen (secondary N) is 1. The molecular formula is C22H16ClN3O4. The van der Waals surface area contributed by atoms with Crippen LogP contribution in [-0.2, 0) is 11.2 Å². The normalized spacial score (nSPS) is 11.0. The van der Waals surface area contributed by atoms with Crippen LogP contribution < -0.4 is 5.32 Å². The maximum Gasteiger partial charge on any atom is 0.288 e. The highest BCUT2D eigenvalue weighted by Gasteiger charge is 2.16. The first-order valence-corrected chi connectivity index (χ1v) is 9.35. The number of carbonyl (C=O) groups excluding carboxylic acids is 1. The van der Waals surface area contributed by atoms with E-state index >= 15 is 0 Å². The second-order valence-electron chi connectivity index (χ2n) is 6.30. The van der Waals surface area contributed by atoms with Gasteiger partial charge >= 0.3 is 0 Å². The summed E-state index contributed by atoms with van der Waals surface area (Å²) in [7, 11) is 0. The van der Waals surface area contributed by atoms with Crippen LogP contribution in [0, 0.1) is 21.4 Å². The average Bonchev–Trinajstić information content (AvgIpc) is 3.21. The number of anilines is 1. The Kier molecular flexibility index (Phi) is 6.30. The molecule has 3 rings (SSSR count). The molecule has 0 aliphatic carbocycles. The number of carbonyl (C=O) groups is 1. The zero-order valence-electron chi connectivity index (χ0n) is 15.9. The molecule has 0 fully saturated rings. The van der Waals surface area contributed by atoms with Crippen molar-refractivity contribution in [1.29, 1.82) is 5.26 Å². The zero-order valence-corrected chi connectivity index (χ0v) is 16.6. The summed E-state index contributed by atoms with van der Waals surface area (Å²) in [6.07, 6.45) is 2.19. The van der Waals surface area contributed by atoms with Crippen LogP contribution in [0.25, 0.3) is 17.4 Å².